The van der Waals surface area contributed by atoms with Crippen LogP contribution in [0.4, 0.5) is 0 Å². The molecule has 86 heavy (non-hydrogen) atoms. The maximum atomic E-state index is 7.44. The van der Waals surface area contributed by atoms with Crippen molar-refractivity contribution in [1.29, 1.82) is 0 Å². The van der Waals surface area contributed by atoms with Gasteiger partial charge < -0.3 is 18.9 Å². The van der Waals surface area contributed by atoms with E-state index in [0.717, 1.165) is 126 Å². The highest BCUT2D eigenvalue weighted by molar-refractivity contribution is 5.61. The third-order valence-corrected chi connectivity index (χ3v) is 17.0. The molecule has 8 aromatic rings. The summed E-state index contributed by atoms with van der Waals surface area (Å²) >= 11 is 0. The van der Waals surface area contributed by atoms with Crippen LogP contribution in [0.15, 0.2) is 121 Å². The van der Waals surface area contributed by atoms with Crippen LogP contribution in [-0.2, 0) is 60.6 Å². The van der Waals surface area contributed by atoms with Crippen molar-refractivity contribution in [3.8, 4) is 45.8 Å². The van der Waals surface area contributed by atoms with Crippen LogP contribution in [0.3, 0.4) is 0 Å². The molecule has 8 heteroatoms. The minimum absolute atomic E-state index is 0.194. The standard InChI is InChI=1S/C78H96N4O4/c1-19-49(3)45-83-71-53-33-57-41-63(77(13,14)15)43-59(73(57)85-47-65-27-23-31-69(81-65)67-29-21-25-51(5)79-67)35-55-39-62(76(10,11)12)40-56(72(55)84-46-50(4)20-2)36-60-44-64(78(16,17)18)42-58(34-54(71)38-61(37-53)75(7,8)9)74(60)86-48-66-28-24-32-70(82-66)68-30-22-26-52(6)80-68/h21-32,37-44,49-50H,19-20,33-36,45-48H2,1-18H3/t49-,50?/m0/s1. The van der Waals surface area contributed by atoms with Gasteiger partial charge >= 0.3 is 0 Å². The van der Waals surface area contributed by atoms with E-state index in [9.17, 15) is 0 Å². The van der Waals surface area contributed by atoms with Crippen LogP contribution < -0.4 is 18.9 Å². The molecule has 9 rings (SSSR count). The molecule has 8 nitrogen and oxygen atoms in total. The zero-order valence-electron chi connectivity index (χ0n) is 55.2. The first-order chi connectivity index (χ1) is 40.6. The first-order valence-corrected chi connectivity index (χ1v) is 31.6. The minimum Gasteiger partial charge on any atom is -0.493 e. The highest BCUT2D eigenvalue weighted by Gasteiger charge is 2.30. The van der Waals surface area contributed by atoms with E-state index in [1.165, 1.54) is 22.3 Å². The van der Waals surface area contributed by atoms with Crippen molar-refractivity contribution in [2.45, 2.75) is 198 Å². The molecular formula is C78H96N4O4. The fraction of sp³-hybridized carbons (Fsp3) is 0.436. The van der Waals surface area contributed by atoms with E-state index in [2.05, 4.69) is 184 Å². The molecule has 2 atom stereocenters. The Morgan fingerprint density at radius 2 is 0.593 bits per heavy atom. The first-order valence-electron chi connectivity index (χ1n) is 31.6. The molecule has 0 amide bonds. The van der Waals surface area contributed by atoms with Crippen LogP contribution in [0.5, 0.6) is 23.0 Å². The SMILES string of the molecule is CCC(C)COc1c2cc(C(C)(C)C)cc1Cc1cc(C(C)(C)C)cc(c1OCc1cccc(-c3cccc(C)n3)n1)Cc1cc(C(C)(C)C)cc(c1OC[C@@H](C)CC)Cc1cc(C(C)(C)C)cc(c1OCc1cccc(-c3cccc(C)n3)n1)C2. The van der Waals surface area contributed by atoms with Crippen molar-refractivity contribution < 1.29 is 18.9 Å². The summed E-state index contributed by atoms with van der Waals surface area (Å²) in [6, 6.07) is 43.8. The molecule has 0 radical (unpaired) electrons. The molecule has 4 aromatic heterocycles. The van der Waals surface area contributed by atoms with E-state index in [1.54, 1.807) is 0 Å². The Balaban J connectivity index is 1.34. The molecule has 0 fully saturated rings. The quantitative estimate of drug-likeness (QED) is 0.0945. The second-order valence-corrected chi connectivity index (χ2v) is 28.8. The van der Waals surface area contributed by atoms with E-state index in [4.69, 9.17) is 38.9 Å². The van der Waals surface area contributed by atoms with Gasteiger partial charge in [0, 0.05) is 37.1 Å². The average molecular weight is 1150 g/mol. The lowest BCUT2D eigenvalue weighted by atomic mass is 9.79. The monoisotopic (exact) mass is 1150 g/mol. The van der Waals surface area contributed by atoms with Crippen molar-refractivity contribution >= 4 is 0 Å². The molecule has 4 aromatic carbocycles. The maximum Gasteiger partial charge on any atom is 0.130 e. The van der Waals surface area contributed by atoms with E-state index < -0.39 is 0 Å². The first kappa shape index (κ1) is 63.2. The predicted octanol–water partition coefficient (Wildman–Crippen LogP) is 19.1. The summed E-state index contributed by atoms with van der Waals surface area (Å²) in [5, 5.41) is 0. The number of ether oxygens (including phenoxy) is 4. The highest BCUT2D eigenvalue weighted by Crippen LogP contribution is 2.45. The van der Waals surface area contributed by atoms with Crippen molar-refractivity contribution in [3.05, 3.63) is 211 Å². The molecule has 0 spiro atoms. The number of pyridine rings is 4. The van der Waals surface area contributed by atoms with Crippen molar-refractivity contribution in [2.75, 3.05) is 13.2 Å². The summed E-state index contributed by atoms with van der Waals surface area (Å²) in [5.74, 6) is 4.25. The topological polar surface area (TPSA) is 88.5 Å². The van der Waals surface area contributed by atoms with Gasteiger partial charge in [-0.25, -0.2) is 9.97 Å². The van der Waals surface area contributed by atoms with Crippen LogP contribution in [0.2, 0.25) is 0 Å². The highest BCUT2D eigenvalue weighted by atomic mass is 16.5. The Bertz CT molecular complexity index is 3360. The molecule has 0 N–H and O–H groups in total. The molecule has 0 saturated heterocycles. The number of fused-ring (bicyclic) bond motifs is 8. The minimum atomic E-state index is -0.195. The van der Waals surface area contributed by atoms with Gasteiger partial charge in [0.15, 0.2) is 0 Å². The van der Waals surface area contributed by atoms with Gasteiger partial charge in [0.05, 0.1) is 47.4 Å². The molecule has 0 aliphatic heterocycles. The lowest BCUT2D eigenvalue weighted by Gasteiger charge is -2.29. The van der Waals surface area contributed by atoms with Crippen molar-refractivity contribution in [2.24, 2.45) is 11.8 Å². The van der Waals surface area contributed by atoms with Crippen LogP contribution in [0.1, 0.15) is 213 Å². The molecule has 452 valence electrons. The smallest absolute Gasteiger partial charge is 0.130 e. The van der Waals surface area contributed by atoms with Crippen molar-refractivity contribution in [3.63, 3.8) is 0 Å². The molecule has 1 aliphatic carbocycles. The summed E-state index contributed by atoms with van der Waals surface area (Å²) in [7, 11) is 0. The fourth-order valence-corrected chi connectivity index (χ4v) is 11.1. The van der Waals surface area contributed by atoms with Gasteiger partial charge in [0.1, 0.15) is 36.2 Å². The second-order valence-electron chi connectivity index (χ2n) is 28.8. The van der Waals surface area contributed by atoms with E-state index in [0.29, 0.717) is 50.7 Å². The largest absolute Gasteiger partial charge is 0.493 e. The summed E-state index contributed by atoms with van der Waals surface area (Å²) in [4.78, 5) is 20.1. The average Bonchev–Trinajstić information content (AvgIpc) is 0.971. The number of rotatable bonds is 16. The maximum absolute atomic E-state index is 7.44. The number of hydrogen-bond acceptors (Lipinski definition) is 8. The summed E-state index contributed by atoms with van der Waals surface area (Å²) in [6.45, 7) is 42.7. The van der Waals surface area contributed by atoms with Crippen molar-refractivity contribution in [1.82, 2.24) is 19.9 Å². The Morgan fingerprint density at radius 1 is 0.349 bits per heavy atom. The Kier molecular flexibility index (Phi) is 19.1. The third-order valence-electron chi connectivity index (χ3n) is 17.0. The number of aromatic nitrogens is 4. The second kappa shape index (κ2) is 25.9. The summed E-state index contributed by atoms with van der Waals surface area (Å²) < 4.78 is 29.6. The van der Waals surface area contributed by atoms with Gasteiger partial charge in [-0.05, 0) is 163 Å². The van der Waals surface area contributed by atoms with Gasteiger partial charge in [-0.3, -0.25) is 9.97 Å². The number of benzene rings is 4. The van der Waals surface area contributed by atoms with E-state index in [-0.39, 0.29) is 34.9 Å². The van der Waals surface area contributed by atoms with Gasteiger partial charge in [-0.15, -0.1) is 0 Å². The zero-order chi connectivity index (χ0) is 61.9. The lowest BCUT2D eigenvalue weighted by molar-refractivity contribution is 0.251. The molecule has 0 saturated carbocycles. The Morgan fingerprint density at radius 3 is 0.837 bits per heavy atom. The normalized spacial score (nSPS) is 13.7. The zero-order valence-corrected chi connectivity index (χ0v) is 55.2. The molecule has 1 unspecified atom stereocenters. The molecular weight excluding hydrogens is 1060 g/mol. The summed E-state index contributed by atoms with van der Waals surface area (Å²) in [6.07, 6.45) is 4.27. The van der Waals surface area contributed by atoms with Gasteiger partial charge in [0.25, 0.3) is 0 Å². The van der Waals surface area contributed by atoms with Crippen LogP contribution >= 0.6 is 0 Å². The van der Waals surface area contributed by atoms with E-state index >= 15 is 0 Å². The van der Waals surface area contributed by atoms with Gasteiger partial charge in [-0.2, -0.15) is 0 Å². The third kappa shape index (κ3) is 15.4. The van der Waals surface area contributed by atoms with Crippen LogP contribution in [0.25, 0.3) is 22.8 Å². The number of nitrogens with zero attached hydrogens (tertiary/aromatic N) is 4. The fourth-order valence-electron chi connectivity index (χ4n) is 11.1. The summed E-state index contributed by atoms with van der Waals surface area (Å²) in [5.41, 5.74) is 20.0. The van der Waals surface area contributed by atoms with Gasteiger partial charge in [0.2, 0.25) is 0 Å². The van der Waals surface area contributed by atoms with Gasteiger partial charge in [-0.1, -0.05) is 196 Å². The Hall–Kier alpha value is -7.32. The molecule has 1 aliphatic rings. The lowest BCUT2D eigenvalue weighted by Crippen LogP contribution is -2.18. The van der Waals surface area contributed by atoms with E-state index in [1.807, 2.05) is 62.4 Å². The van der Waals surface area contributed by atoms with Crippen LogP contribution in [-0.4, -0.2) is 33.1 Å². The molecule has 4 heterocycles. The predicted molar refractivity (Wildman–Crippen MR) is 355 cm³/mol. The Labute approximate surface area is 516 Å². The molecule has 8 bridgehead atoms. The van der Waals surface area contributed by atoms with Crippen LogP contribution in [0, 0.1) is 25.7 Å². The number of aryl methyl sites for hydroxylation is 2. The number of hydrogen-bond donors (Lipinski definition) is 0.